The van der Waals surface area contributed by atoms with Gasteiger partial charge >= 0.3 is 17.9 Å². The lowest BCUT2D eigenvalue weighted by molar-refractivity contribution is -0.156. The Morgan fingerprint density at radius 1 is 0.941 bits per heavy atom. The minimum absolute atomic E-state index is 0.224. The first-order chi connectivity index (χ1) is 8.10. The van der Waals surface area contributed by atoms with Crippen molar-refractivity contribution >= 4 is 17.9 Å². The van der Waals surface area contributed by atoms with Crippen molar-refractivity contribution in [3.63, 3.8) is 0 Å². The molecule has 96 valence electrons. The monoisotopic (exact) mass is 244 g/mol. The van der Waals surface area contributed by atoms with Gasteiger partial charge < -0.3 is 14.2 Å². The second kappa shape index (κ2) is 9.38. The maximum absolute atomic E-state index is 11.0. The molecule has 0 aliphatic heterocycles. The third-order valence-electron chi connectivity index (χ3n) is 1.44. The molecule has 17 heavy (non-hydrogen) atoms. The fourth-order valence-corrected chi connectivity index (χ4v) is 0.762. The van der Waals surface area contributed by atoms with Crippen LogP contribution in [-0.2, 0) is 28.6 Å². The van der Waals surface area contributed by atoms with E-state index in [2.05, 4.69) is 14.2 Å². The van der Waals surface area contributed by atoms with Gasteiger partial charge in [0.25, 0.3) is 0 Å². The van der Waals surface area contributed by atoms with Crippen molar-refractivity contribution in [2.45, 2.75) is 20.3 Å². The van der Waals surface area contributed by atoms with Gasteiger partial charge in [0.1, 0.15) is 0 Å². The number of rotatable bonds is 7. The molecular formula is C11H16O6. The molecule has 0 saturated carbocycles. The summed E-state index contributed by atoms with van der Waals surface area (Å²) >= 11 is 0. The van der Waals surface area contributed by atoms with E-state index in [9.17, 15) is 14.4 Å². The number of esters is 3. The lowest BCUT2D eigenvalue weighted by Crippen LogP contribution is -2.15. The Bertz CT molecular complexity index is 294. The SMILES string of the molecule is CCCOC(=O)COC(=O)/C=C/C(=O)OCC. The fourth-order valence-electron chi connectivity index (χ4n) is 0.762. The summed E-state index contributed by atoms with van der Waals surface area (Å²) in [6.45, 7) is 3.54. The normalized spacial score (nSPS) is 10.0. The first-order valence-corrected chi connectivity index (χ1v) is 5.27. The molecule has 0 amide bonds. The Hall–Kier alpha value is -1.85. The van der Waals surface area contributed by atoms with E-state index in [1.165, 1.54) is 0 Å². The van der Waals surface area contributed by atoms with Crippen molar-refractivity contribution in [3.05, 3.63) is 12.2 Å². The molecule has 0 atom stereocenters. The second-order valence-corrected chi connectivity index (χ2v) is 2.91. The lowest BCUT2D eigenvalue weighted by atomic mass is 10.5. The van der Waals surface area contributed by atoms with Crippen molar-refractivity contribution in [1.82, 2.24) is 0 Å². The predicted octanol–water partition coefficient (Wildman–Crippen LogP) is 0.602. The highest BCUT2D eigenvalue weighted by molar-refractivity contribution is 5.92. The smallest absolute Gasteiger partial charge is 0.344 e. The molecule has 0 N–H and O–H groups in total. The third kappa shape index (κ3) is 9.10. The van der Waals surface area contributed by atoms with Crippen LogP contribution in [0.1, 0.15) is 20.3 Å². The average Bonchev–Trinajstić information content (AvgIpc) is 2.31. The minimum atomic E-state index is -0.800. The molecule has 0 heterocycles. The Morgan fingerprint density at radius 3 is 2.06 bits per heavy atom. The quantitative estimate of drug-likeness (QED) is 0.371. The van der Waals surface area contributed by atoms with E-state index < -0.39 is 24.5 Å². The average molecular weight is 244 g/mol. The van der Waals surface area contributed by atoms with Crippen LogP contribution in [0.4, 0.5) is 0 Å². The molecule has 0 aromatic heterocycles. The van der Waals surface area contributed by atoms with E-state index in [0.29, 0.717) is 6.42 Å². The van der Waals surface area contributed by atoms with Gasteiger partial charge in [-0.1, -0.05) is 6.92 Å². The molecule has 0 aliphatic rings. The molecular weight excluding hydrogens is 228 g/mol. The summed E-state index contributed by atoms with van der Waals surface area (Å²) in [6.07, 6.45) is 2.52. The molecule has 0 aromatic rings. The number of carbonyl (C=O) groups is 3. The predicted molar refractivity (Wildman–Crippen MR) is 58.0 cm³/mol. The zero-order chi connectivity index (χ0) is 13.1. The van der Waals surface area contributed by atoms with Gasteiger partial charge in [0, 0.05) is 12.2 Å². The van der Waals surface area contributed by atoms with Gasteiger partial charge in [0.2, 0.25) is 0 Å². The molecule has 0 aromatic carbocycles. The highest BCUT2D eigenvalue weighted by Crippen LogP contribution is 1.88. The summed E-state index contributed by atoms with van der Waals surface area (Å²) < 4.78 is 13.7. The van der Waals surface area contributed by atoms with Crippen LogP contribution in [-0.4, -0.2) is 37.7 Å². The second-order valence-electron chi connectivity index (χ2n) is 2.91. The van der Waals surface area contributed by atoms with Crippen LogP contribution in [0.15, 0.2) is 12.2 Å². The molecule has 0 unspecified atom stereocenters. The number of hydrogen-bond donors (Lipinski definition) is 0. The largest absolute Gasteiger partial charge is 0.463 e. The molecule has 6 nitrogen and oxygen atoms in total. The van der Waals surface area contributed by atoms with E-state index in [0.717, 1.165) is 12.2 Å². The van der Waals surface area contributed by atoms with Gasteiger partial charge in [-0.3, -0.25) is 0 Å². The van der Waals surface area contributed by atoms with Crippen LogP contribution in [0.2, 0.25) is 0 Å². The highest BCUT2D eigenvalue weighted by Gasteiger charge is 2.06. The standard InChI is InChI=1S/C11H16O6/c1-3-7-16-11(14)8-17-10(13)6-5-9(12)15-4-2/h5-6H,3-4,7-8H2,1-2H3/b6-5+. The van der Waals surface area contributed by atoms with Crippen molar-refractivity contribution in [2.24, 2.45) is 0 Å². The van der Waals surface area contributed by atoms with Crippen LogP contribution in [0.5, 0.6) is 0 Å². The van der Waals surface area contributed by atoms with Crippen molar-refractivity contribution in [1.29, 1.82) is 0 Å². The molecule has 6 heteroatoms. The van der Waals surface area contributed by atoms with E-state index in [-0.39, 0.29) is 13.2 Å². The Morgan fingerprint density at radius 2 is 1.53 bits per heavy atom. The van der Waals surface area contributed by atoms with Crippen LogP contribution in [0.3, 0.4) is 0 Å². The van der Waals surface area contributed by atoms with Crippen molar-refractivity contribution in [2.75, 3.05) is 19.8 Å². The van der Waals surface area contributed by atoms with Crippen LogP contribution < -0.4 is 0 Å². The maximum atomic E-state index is 11.0. The Kier molecular flexibility index (Phi) is 8.36. The summed E-state index contributed by atoms with van der Waals surface area (Å²) in [4.78, 5) is 32.8. The summed E-state index contributed by atoms with van der Waals surface area (Å²) in [7, 11) is 0. The summed E-state index contributed by atoms with van der Waals surface area (Å²) in [6, 6.07) is 0. The van der Waals surface area contributed by atoms with Crippen molar-refractivity contribution in [3.8, 4) is 0 Å². The maximum Gasteiger partial charge on any atom is 0.344 e. The molecule has 0 aliphatic carbocycles. The van der Waals surface area contributed by atoms with E-state index >= 15 is 0 Å². The lowest BCUT2D eigenvalue weighted by Gasteiger charge is -2.02. The summed E-state index contributed by atoms with van der Waals surface area (Å²) in [5, 5.41) is 0. The van der Waals surface area contributed by atoms with E-state index in [1.807, 2.05) is 6.92 Å². The molecule has 0 radical (unpaired) electrons. The summed E-state index contributed by atoms with van der Waals surface area (Å²) in [5.74, 6) is -2.06. The van der Waals surface area contributed by atoms with E-state index in [1.54, 1.807) is 6.92 Å². The van der Waals surface area contributed by atoms with Gasteiger partial charge in [-0.15, -0.1) is 0 Å². The topological polar surface area (TPSA) is 78.9 Å². The molecule has 0 bridgehead atoms. The van der Waals surface area contributed by atoms with Crippen LogP contribution in [0.25, 0.3) is 0 Å². The number of ether oxygens (including phenoxy) is 3. The highest BCUT2D eigenvalue weighted by atomic mass is 16.6. The molecule has 0 saturated heterocycles. The zero-order valence-electron chi connectivity index (χ0n) is 9.93. The summed E-state index contributed by atoms with van der Waals surface area (Å²) in [5.41, 5.74) is 0. The van der Waals surface area contributed by atoms with Crippen LogP contribution >= 0.6 is 0 Å². The van der Waals surface area contributed by atoms with Crippen LogP contribution in [0, 0.1) is 0 Å². The first-order valence-electron chi connectivity index (χ1n) is 5.27. The number of carbonyl (C=O) groups excluding carboxylic acids is 3. The van der Waals surface area contributed by atoms with Gasteiger partial charge in [-0.2, -0.15) is 0 Å². The van der Waals surface area contributed by atoms with Gasteiger partial charge in [0.05, 0.1) is 13.2 Å². The third-order valence-corrected chi connectivity index (χ3v) is 1.44. The van der Waals surface area contributed by atoms with Crippen molar-refractivity contribution < 1.29 is 28.6 Å². The minimum Gasteiger partial charge on any atom is -0.463 e. The molecule has 0 rings (SSSR count). The first kappa shape index (κ1) is 15.2. The molecule has 0 spiro atoms. The van der Waals surface area contributed by atoms with E-state index in [4.69, 9.17) is 0 Å². The fraction of sp³-hybridized carbons (Fsp3) is 0.545. The van der Waals surface area contributed by atoms with Gasteiger partial charge in [0.15, 0.2) is 6.61 Å². The Balaban J connectivity index is 3.79. The molecule has 0 fully saturated rings. The zero-order valence-corrected chi connectivity index (χ0v) is 9.93. The number of hydrogen-bond acceptors (Lipinski definition) is 6. The Labute approximate surface area is 99.5 Å². The van der Waals surface area contributed by atoms with Gasteiger partial charge in [-0.25, -0.2) is 14.4 Å². The van der Waals surface area contributed by atoms with Gasteiger partial charge in [-0.05, 0) is 13.3 Å².